The second-order valence-electron chi connectivity index (χ2n) is 7.61. The van der Waals surface area contributed by atoms with Crippen LogP contribution in [0.4, 0.5) is 0 Å². The standard InChI is InChI=1S/C24H27BrN.Ir/c1-11-10-20(14(4)17(7)23(11)25)24-22-16(6)13(3)12(2)15(5)21(22)18(8)19(9)26-24;/h1-9H3;/q-1;. The van der Waals surface area contributed by atoms with Crippen LogP contribution in [0, 0.1) is 68.4 Å². The Kier molecular flexibility index (Phi) is 6.41. The number of rotatable bonds is 1. The van der Waals surface area contributed by atoms with Crippen LogP contribution < -0.4 is 0 Å². The van der Waals surface area contributed by atoms with Crippen LogP contribution in [-0.2, 0) is 20.1 Å². The van der Waals surface area contributed by atoms with E-state index in [0.717, 1.165) is 27.0 Å². The van der Waals surface area contributed by atoms with Crippen LogP contribution in [0.1, 0.15) is 50.2 Å². The van der Waals surface area contributed by atoms with Gasteiger partial charge < -0.3 is 4.98 Å². The van der Waals surface area contributed by atoms with Gasteiger partial charge in [0.2, 0.25) is 0 Å². The Labute approximate surface area is 185 Å². The van der Waals surface area contributed by atoms with Gasteiger partial charge in [-0.15, -0.1) is 44.3 Å². The third-order valence-corrected chi connectivity index (χ3v) is 7.46. The van der Waals surface area contributed by atoms with Crippen molar-refractivity contribution in [1.82, 2.24) is 4.98 Å². The zero-order valence-corrected chi connectivity index (χ0v) is 21.6. The first-order valence-electron chi connectivity index (χ1n) is 9.14. The molecule has 1 nitrogen and oxygen atoms in total. The molecule has 0 aliphatic heterocycles. The molecule has 0 aliphatic rings. The summed E-state index contributed by atoms with van der Waals surface area (Å²) in [7, 11) is 0. The summed E-state index contributed by atoms with van der Waals surface area (Å²) in [6.07, 6.45) is 0. The molecule has 0 spiro atoms. The number of halogens is 1. The Morgan fingerprint density at radius 2 is 1.15 bits per heavy atom. The minimum atomic E-state index is 0. The minimum Gasteiger partial charge on any atom is -0.301 e. The van der Waals surface area contributed by atoms with E-state index >= 15 is 0 Å². The summed E-state index contributed by atoms with van der Waals surface area (Å²) in [5.41, 5.74) is 13.7. The summed E-state index contributed by atoms with van der Waals surface area (Å²) in [6.45, 7) is 19.7. The Balaban J connectivity index is 0.00000261. The van der Waals surface area contributed by atoms with Crippen molar-refractivity contribution in [2.24, 2.45) is 0 Å². The van der Waals surface area contributed by atoms with Crippen molar-refractivity contribution in [3.63, 3.8) is 0 Å². The molecule has 27 heavy (non-hydrogen) atoms. The fourth-order valence-corrected chi connectivity index (χ4v) is 4.35. The predicted molar refractivity (Wildman–Crippen MR) is 116 cm³/mol. The van der Waals surface area contributed by atoms with Gasteiger partial charge in [0.15, 0.2) is 0 Å². The summed E-state index contributed by atoms with van der Waals surface area (Å²) >= 11 is 3.71. The molecule has 145 valence electrons. The van der Waals surface area contributed by atoms with Crippen LogP contribution in [0.5, 0.6) is 0 Å². The summed E-state index contributed by atoms with van der Waals surface area (Å²) in [5, 5.41) is 2.65. The molecule has 1 heterocycles. The van der Waals surface area contributed by atoms with E-state index in [1.807, 2.05) is 0 Å². The molecule has 3 rings (SSSR count). The van der Waals surface area contributed by atoms with Crippen molar-refractivity contribution in [2.75, 3.05) is 0 Å². The molecular formula is C24H27BrIrN-. The van der Waals surface area contributed by atoms with Crippen molar-refractivity contribution in [2.45, 2.75) is 62.3 Å². The topological polar surface area (TPSA) is 12.9 Å². The van der Waals surface area contributed by atoms with Crippen LogP contribution in [-0.4, -0.2) is 4.98 Å². The van der Waals surface area contributed by atoms with E-state index in [1.54, 1.807) is 0 Å². The molecule has 0 atom stereocenters. The fraction of sp³-hybridized carbons (Fsp3) is 0.375. The summed E-state index contributed by atoms with van der Waals surface area (Å²) in [4.78, 5) is 5.07. The number of benzene rings is 2. The van der Waals surface area contributed by atoms with Gasteiger partial charge in [-0.25, -0.2) is 0 Å². The third-order valence-electron chi connectivity index (χ3n) is 6.27. The average Bonchev–Trinajstić information content (AvgIpc) is 2.61. The molecule has 0 saturated carbocycles. The van der Waals surface area contributed by atoms with E-state index in [9.17, 15) is 0 Å². The van der Waals surface area contributed by atoms with Crippen molar-refractivity contribution in [3.8, 4) is 11.3 Å². The van der Waals surface area contributed by atoms with Crippen molar-refractivity contribution in [1.29, 1.82) is 0 Å². The van der Waals surface area contributed by atoms with Gasteiger partial charge in [-0.3, -0.25) is 0 Å². The van der Waals surface area contributed by atoms with Crippen LogP contribution in [0.25, 0.3) is 22.0 Å². The molecule has 3 heteroatoms. The Hall–Kier alpha value is -1.02. The predicted octanol–water partition coefficient (Wildman–Crippen LogP) is 7.24. The van der Waals surface area contributed by atoms with Crippen molar-refractivity contribution < 1.29 is 20.1 Å². The van der Waals surface area contributed by atoms with Gasteiger partial charge in [-0.1, -0.05) is 25.2 Å². The molecule has 0 fully saturated rings. The van der Waals surface area contributed by atoms with E-state index in [0.29, 0.717) is 0 Å². The third kappa shape index (κ3) is 3.33. The van der Waals surface area contributed by atoms with Gasteiger partial charge in [0.25, 0.3) is 0 Å². The van der Waals surface area contributed by atoms with E-state index in [1.165, 1.54) is 49.7 Å². The number of aromatic nitrogens is 1. The number of aryl methyl sites for hydroxylation is 5. The van der Waals surface area contributed by atoms with Gasteiger partial charge in [-0.05, 0) is 85.8 Å². The smallest absolute Gasteiger partial charge is 0.0301 e. The van der Waals surface area contributed by atoms with Crippen LogP contribution in [0.2, 0.25) is 0 Å². The zero-order chi connectivity index (χ0) is 19.5. The second-order valence-corrected chi connectivity index (χ2v) is 8.40. The molecule has 0 unspecified atom stereocenters. The minimum absolute atomic E-state index is 0. The number of pyridine rings is 1. The first-order chi connectivity index (χ1) is 12.1. The SMILES string of the molecule is Cc1[c-]c(-c2nc(C)c(C)c3c(C)c(C)c(C)c(C)c23)c(C)c(C)c1Br.[Ir]. The maximum Gasteiger partial charge on any atom is 0.0301 e. The number of fused-ring (bicyclic) bond motifs is 1. The monoisotopic (exact) mass is 601 g/mol. The van der Waals surface area contributed by atoms with Gasteiger partial charge in [0.05, 0.1) is 0 Å². The number of hydrogen-bond donors (Lipinski definition) is 0. The molecule has 0 N–H and O–H groups in total. The Morgan fingerprint density at radius 1 is 0.630 bits per heavy atom. The van der Waals surface area contributed by atoms with E-state index < -0.39 is 0 Å². The molecule has 0 aliphatic carbocycles. The first-order valence-corrected chi connectivity index (χ1v) is 9.93. The number of hydrogen-bond acceptors (Lipinski definition) is 1. The molecule has 1 radical (unpaired) electrons. The van der Waals surface area contributed by atoms with Crippen molar-refractivity contribution >= 4 is 26.7 Å². The maximum atomic E-state index is 5.07. The van der Waals surface area contributed by atoms with Gasteiger partial charge in [0.1, 0.15) is 0 Å². The van der Waals surface area contributed by atoms with E-state index in [2.05, 4.69) is 84.3 Å². The zero-order valence-electron chi connectivity index (χ0n) is 17.7. The summed E-state index contributed by atoms with van der Waals surface area (Å²) in [5.74, 6) is 0. The van der Waals surface area contributed by atoms with Gasteiger partial charge >= 0.3 is 0 Å². The van der Waals surface area contributed by atoms with Crippen LogP contribution >= 0.6 is 15.9 Å². The van der Waals surface area contributed by atoms with Gasteiger partial charge in [0, 0.05) is 25.8 Å². The normalized spacial score (nSPS) is 11.0. The molecule has 3 aromatic rings. The molecule has 0 bridgehead atoms. The summed E-state index contributed by atoms with van der Waals surface area (Å²) < 4.78 is 1.15. The second kappa shape index (κ2) is 7.78. The largest absolute Gasteiger partial charge is 0.301 e. The van der Waals surface area contributed by atoms with E-state index in [-0.39, 0.29) is 20.1 Å². The summed E-state index contributed by atoms with van der Waals surface area (Å²) in [6, 6.07) is 3.61. The molecule has 2 aromatic carbocycles. The van der Waals surface area contributed by atoms with Crippen LogP contribution in [0.3, 0.4) is 0 Å². The Bertz CT molecular complexity index is 1080. The maximum absolute atomic E-state index is 5.07. The molecule has 0 saturated heterocycles. The quantitative estimate of drug-likeness (QED) is 0.268. The van der Waals surface area contributed by atoms with Crippen molar-refractivity contribution in [3.05, 3.63) is 60.7 Å². The van der Waals surface area contributed by atoms with Crippen LogP contribution in [0.15, 0.2) is 4.47 Å². The fourth-order valence-electron chi connectivity index (χ4n) is 3.95. The first kappa shape index (κ1) is 22.3. The number of nitrogens with zero attached hydrogens (tertiary/aromatic N) is 1. The molecule has 1 aromatic heterocycles. The van der Waals surface area contributed by atoms with Gasteiger partial charge in [-0.2, -0.15) is 0 Å². The average molecular weight is 602 g/mol. The Morgan fingerprint density at radius 3 is 1.70 bits per heavy atom. The molecule has 0 amide bonds. The molecular weight excluding hydrogens is 574 g/mol. The van der Waals surface area contributed by atoms with E-state index in [4.69, 9.17) is 4.98 Å².